The predicted octanol–water partition coefficient (Wildman–Crippen LogP) is 3.49. The van der Waals surface area contributed by atoms with Gasteiger partial charge in [-0.3, -0.25) is 4.79 Å². The van der Waals surface area contributed by atoms with Crippen LogP contribution in [-0.2, 0) is 9.53 Å². The fourth-order valence-electron chi connectivity index (χ4n) is 2.26. The Kier molecular flexibility index (Phi) is 4.29. The zero-order valence-electron chi connectivity index (χ0n) is 12.9. The molecule has 0 bridgehead atoms. The first-order valence-electron chi connectivity index (χ1n) is 7.39. The lowest BCUT2D eigenvalue weighted by Gasteiger charge is -2.13. The van der Waals surface area contributed by atoms with Gasteiger partial charge in [0.15, 0.2) is 6.10 Å². The van der Waals surface area contributed by atoms with Crippen molar-refractivity contribution in [3.8, 4) is 0 Å². The molecule has 0 aliphatic rings. The SMILES string of the molecule is C[C@H](OC(=O)c1cc2ccccc2[nH]1)C(=O)Nc1ccccc1F. The maximum atomic E-state index is 13.5. The van der Waals surface area contributed by atoms with E-state index in [1.807, 2.05) is 24.3 Å². The average molecular weight is 326 g/mol. The summed E-state index contributed by atoms with van der Waals surface area (Å²) >= 11 is 0. The van der Waals surface area contributed by atoms with Crippen molar-refractivity contribution in [1.29, 1.82) is 0 Å². The molecule has 122 valence electrons. The van der Waals surface area contributed by atoms with Crippen molar-refractivity contribution < 1.29 is 18.7 Å². The molecule has 0 saturated carbocycles. The number of halogens is 1. The molecule has 0 spiro atoms. The number of carbonyl (C=O) groups is 2. The van der Waals surface area contributed by atoms with Crippen molar-refractivity contribution in [2.24, 2.45) is 0 Å². The van der Waals surface area contributed by atoms with Gasteiger partial charge in [-0.1, -0.05) is 30.3 Å². The standard InChI is InChI=1S/C18H15FN2O3/c1-11(17(22)21-15-9-5-3-7-13(15)19)24-18(23)16-10-12-6-2-4-8-14(12)20-16/h2-11,20H,1H3,(H,21,22)/t11-/m0/s1. The Hall–Kier alpha value is -3.15. The Balaban J connectivity index is 1.67. The molecule has 1 atom stereocenters. The first kappa shape index (κ1) is 15.7. The van der Waals surface area contributed by atoms with Gasteiger partial charge < -0.3 is 15.0 Å². The number of anilines is 1. The minimum Gasteiger partial charge on any atom is -0.448 e. The number of aromatic amines is 1. The number of carbonyl (C=O) groups excluding carboxylic acids is 2. The van der Waals surface area contributed by atoms with E-state index in [9.17, 15) is 14.0 Å². The maximum absolute atomic E-state index is 13.5. The summed E-state index contributed by atoms with van der Waals surface area (Å²) in [7, 11) is 0. The van der Waals surface area contributed by atoms with Gasteiger partial charge in [-0.2, -0.15) is 0 Å². The highest BCUT2D eigenvalue weighted by atomic mass is 19.1. The van der Waals surface area contributed by atoms with Gasteiger partial charge >= 0.3 is 5.97 Å². The molecule has 0 fully saturated rings. The molecular weight excluding hydrogens is 311 g/mol. The first-order chi connectivity index (χ1) is 11.5. The van der Waals surface area contributed by atoms with Crippen molar-refractivity contribution in [3.05, 3.63) is 66.1 Å². The maximum Gasteiger partial charge on any atom is 0.355 e. The van der Waals surface area contributed by atoms with Crippen LogP contribution in [0.2, 0.25) is 0 Å². The molecule has 1 aromatic heterocycles. The number of para-hydroxylation sites is 2. The van der Waals surface area contributed by atoms with E-state index in [0.717, 1.165) is 10.9 Å². The Morgan fingerprint density at radius 1 is 1.12 bits per heavy atom. The quantitative estimate of drug-likeness (QED) is 0.721. The highest BCUT2D eigenvalue weighted by molar-refractivity contribution is 5.98. The zero-order chi connectivity index (χ0) is 17.1. The van der Waals surface area contributed by atoms with Gasteiger partial charge in [0.2, 0.25) is 0 Å². The van der Waals surface area contributed by atoms with E-state index in [0.29, 0.717) is 0 Å². The molecule has 0 aliphatic heterocycles. The number of aromatic nitrogens is 1. The number of hydrogen-bond donors (Lipinski definition) is 2. The summed E-state index contributed by atoms with van der Waals surface area (Å²) in [5.74, 6) is -1.81. The molecule has 5 nitrogen and oxygen atoms in total. The van der Waals surface area contributed by atoms with Gasteiger partial charge in [0.05, 0.1) is 5.69 Å². The summed E-state index contributed by atoms with van der Waals surface area (Å²) in [5, 5.41) is 3.26. The monoisotopic (exact) mass is 326 g/mol. The fourth-order valence-corrected chi connectivity index (χ4v) is 2.26. The second-order valence-electron chi connectivity index (χ2n) is 5.29. The third-order valence-electron chi connectivity index (χ3n) is 3.53. The van der Waals surface area contributed by atoms with Crippen molar-refractivity contribution in [2.45, 2.75) is 13.0 Å². The van der Waals surface area contributed by atoms with Crippen LogP contribution in [0.5, 0.6) is 0 Å². The van der Waals surface area contributed by atoms with Gasteiger partial charge in [0.25, 0.3) is 5.91 Å². The van der Waals surface area contributed by atoms with Crippen LogP contribution < -0.4 is 5.32 Å². The minimum atomic E-state index is -1.07. The molecule has 0 radical (unpaired) electrons. The lowest BCUT2D eigenvalue weighted by Crippen LogP contribution is -2.30. The van der Waals surface area contributed by atoms with Gasteiger partial charge in [-0.25, -0.2) is 9.18 Å². The van der Waals surface area contributed by atoms with Crippen LogP contribution in [-0.4, -0.2) is 23.0 Å². The fraction of sp³-hybridized carbons (Fsp3) is 0.111. The van der Waals surface area contributed by atoms with Crippen molar-refractivity contribution in [3.63, 3.8) is 0 Å². The summed E-state index contributed by atoms with van der Waals surface area (Å²) in [4.78, 5) is 27.1. The average Bonchev–Trinajstić information content (AvgIpc) is 3.01. The number of fused-ring (bicyclic) bond motifs is 1. The van der Waals surface area contributed by atoms with Crippen LogP contribution in [0.25, 0.3) is 10.9 Å². The van der Waals surface area contributed by atoms with E-state index >= 15 is 0 Å². The molecule has 6 heteroatoms. The second kappa shape index (κ2) is 6.54. The molecule has 3 rings (SSSR count). The van der Waals surface area contributed by atoms with E-state index in [1.54, 1.807) is 12.1 Å². The normalized spacial score (nSPS) is 11.9. The van der Waals surface area contributed by atoms with E-state index in [1.165, 1.54) is 25.1 Å². The second-order valence-corrected chi connectivity index (χ2v) is 5.29. The van der Waals surface area contributed by atoms with Gasteiger partial charge in [-0.15, -0.1) is 0 Å². The summed E-state index contributed by atoms with van der Waals surface area (Å²) < 4.78 is 18.7. The van der Waals surface area contributed by atoms with Crippen LogP contribution in [0, 0.1) is 5.82 Å². The predicted molar refractivity (Wildman–Crippen MR) is 88.2 cm³/mol. The smallest absolute Gasteiger partial charge is 0.355 e. The molecule has 3 aromatic rings. The Morgan fingerprint density at radius 2 is 1.83 bits per heavy atom. The Bertz CT molecular complexity index is 871. The molecule has 24 heavy (non-hydrogen) atoms. The molecular formula is C18H15FN2O3. The summed E-state index contributed by atoms with van der Waals surface area (Å²) in [6.07, 6.45) is -1.07. The molecule has 1 amide bonds. The van der Waals surface area contributed by atoms with Gasteiger partial charge in [-0.05, 0) is 31.2 Å². The lowest BCUT2D eigenvalue weighted by atomic mass is 10.2. The summed E-state index contributed by atoms with van der Waals surface area (Å²) in [6, 6.07) is 14.8. The molecule has 0 unspecified atom stereocenters. The van der Waals surface area contributed by atoms with Crippen LogP contribution in [0.1, 0.15) is 17.4 Å². The van der Waals surface area contributed by atoms with Gasteiger partial charge in [0.1, 0.15) is 11.5 Å². The molecule has 2 aromatic carbocycles. The largest absolute Gasteiger partial charge is 0.448 e. The molecule has 1 heterocycles. The molecule has 0 aliphatic carbocycles. The van der Waals surface area contributed by atoms with Crippen LogP contribution >= 0.6 is 0 Å². The minimum absolute atomic E-state index is 0.0380. The third-order valence-corrected chi connectivity index (χ3v) is 3.53. The highest BCUT2D eigenvalue weighted by Crippen LogP contribution is 2.17. The number of esters is 1. The molecule has 2 N–H and O–H groups in total. The van der Waals surface area contributed by atoms with E-state index in [-0.39, 0.29) is 11.4 Å². The van der Waals surface area contributed by atoms with E-state index < -0.39 is 23.8 Å². The van der Waals surface area contributed by atoms with Crippen LogP contribution in [0.4, 0.5) is 10.1 Å². The number of benzene rings is 2. The first-order valence-corrected chi connectivity index (χ1v) is 7.39. The van der Waals surface area contributed by atoms with Crippen molar-refractivity contribution >= 4 is 28.5 Å². The summed E-state index contributed by atoms with van der Waals surface area (Å²) in [5.41, 5.74) is 1.09. The van der Waals surface area contributed by atoms with Crippen LogP contribution in [0.15, 0.2) is 54.6 Å². The topological polar surface area (TPSA) is 71.2 Å². The van der Waals surface area contributed by atoms with Crippen molar-refractivity contribution in [1.82, 2.24) is 4.98 Å². The van der Waals surface area contributed by atoms with Crippen molar-refractivity contribution in [2.75, 3.05) is 5.32 Å². The number of ether oxygens (including phenoxy) is 1. The van der Waals surface area contributed by atoms with E-state index in [4.69, 9.17) is 4.74 Å². The number of H-pyrrole nitrogens is 1. The lowest BCUT2D eigenvalue weighted by molar-refractivity contribution is -0.123. The summed E-state index contributed by atoms with van der Waals surface area (Å²) in [6.45, 7) is 1.43. The third kappa shape index (κ3) is 3.27. The number of amides is 1. The highest BCUT2D eigenvalue weighted by Gasteiger charge is 2.21. The van der Waals surface area contributed by atoms with E-state index in [2.05, 4.69) is 10.3 Å². The number of nitrogens with one attached hydrogen (secondary N) is 2. The Morgan fingerprint density at radius 3 is 2.58 bits per heavy atom. The molecule has 0 saturated heterocycles. The van der Waals surface area contributed by atoms with Gasteiger partial charge in [0, 0.05) is 10.9 Å². The Labute approximate surface area is 137 Å². The number of hydrogen-bond acceptors (Lipinski definition) is 3. The van der Waals surface area contributed by atoms with Crippen LogP contribution in [0.3, 0.4) is 0 Å². The zero-order valence-corrected chi connectivity index (χ0v) is 12.9. The number of rotatable bonds is 4.